The van der Waals surface area contributed by atoms with E-state index in [2.05, 4.69) is 61.8 Å². The van der Waals surface area contributed by atoms with E-state index in [-0.39, 0.29) is 46.2 Å². The van der Waals surface area contributed by atoms with Gasteiger partial charge in [0.25, 0.3) is 0 Å². The second-order valence-electron chi connectivity index (χ2n) is 14.0. The van der Waals surface area contributed by atoms with Crippen molar-refractivity contribution in [1.82, 2.24) is 19.5 Å². The fourth-order valence-corrected chi connectivity index (χ4v) is 10.8. The van der Waals surface area contributed by atoms with Crippen molar-refractivity contribution < 1.29 is 37.4 Å². The molecule has 42 heavy (non-hydrogen) atoms. The Morgan fingerprint density at radius 3 is 2.21 bits per heavy atom. The maximum Gasteiger partial charge on any atom is 0.349 e. The van der Waals surface area contributed by atoms with Crippen LogP contribution in [0.4, 0.5) is 5.82 Å². The smallest absolute Gasteiger partial charge is 0.349 e. The molecule has 2 fully saturated rings. The van der Waals surface area contributed by atoms with E-state index in [0.717, 1.165) is 0 Å². The number of rotatable bonds is 5. The minimum absolute atomic E-state index is 0.180. The zero-order valence-electron chi connectivity index (χ0n) is 26.4. The minimum atomic E-state index is -3.03. The van der Waals surface area contributed by atoms with Gasteiger partial charge in [-0.25, -0.2) is 15.0 Å². The van der Waals surface area contributed by atoms with Crippen molar-refractivity contribution in [1.29, 1.82) is 0 Å². The molecule has 232 valence electrons. The summed E-state index contributed by atoms with van der Waals surface area (Å²) in [6.45, 7) is 20.3. The van der Waals surface area contributed by atoms with E-state index in [0.29, 0.717) is 0 Å². The molecule has 2 aromatic heterocycles. The van der Waals surface area contributed by atoms with Crippen molar-refractivity contribution in [2.75, 3.05) is 18.5 Å². The van der Waals surface area contributed by atoms with E-state index in [4.69, 9.17) is 23.1 Å². The Bertz CT molecular complexity index is 1360. The number of aromatic nitrogens is 4. The molecule has 0 radical (unpaired) electrons. The van der Waals surface area contributed by atoms with E-state index < -0.39 is 50.0 Å². The van der Waals surface area contributed by atoms with Gasteiger partial charge in [-0.05, 0) is 0 Å². The summed E-state index contributed by atoms with van der Waals surface area (Å²) in [7, 11) is -3.03. The van der Waals surface area contributed by atoms with Crippen LogP contribution in [0.15, 0.2) is 12.7 Å². The molecule has 2 saturated heterocycles. The molecule has 0 bridgehead atoms. The number of anilines is 1. The number of nitrogens with one attached hydrogen (secondary N) is 1. The topological polar surface area (TPSA) is 153 Å². The molecule has 0 saturated carbocycles. The summed E-state index contributed by atoms with van der Waals surface area (Å²) >= 11 is 0. The summed E-state index contributed by atoms with van der Waals surface area (Å²) in [5.74, 6) is -1.18. The van der Waals surface area contributed by atoms with Gasteiger partial charge in [-0.2, -0.15) is 0 Å². The SMILES string of the molecule is CC(=O)OC[C@@]1(n2cnc3c(NC(=O)C(C)(C)C)ncnc32)O[C@@H]2CO[Si](C(C)(C)C)(C(C)(C)C)O[C@H]2[C@H]1OC(C)=O. The van der Waals surface area contributed by atoms with Gasteiger partial charge in [-0.15, -0.1) is 0 Å². The van der Waals surface area contributed by atoms with Gasteiger partial charge in [0, 0.05) is 29.3 Å². The molecule has 4 atom stereocenters. The standard InChI is InChI=1S/C28H43N5O8Si/c1-16(34)37-13-28(33-15-31-19-22(29-14-30-23(19)33)32-24(36)25(3,4)5)21(39-17(2)35)20-18(40-28)12-38-42(41-20,26(6,7)8)27(9,10)11/h14-15,18,20-21H,12-13H2,1-11H3,(H,29,30,32,36)/t18-,20-,21-,28-/m1/s1. The van der Waals surface area contributed by atoms with Crippen LogP contribution in [-0.4, -0.2) is 77.5 Å². The zero-order chi connectivity index (χ0) is 31.5. The van der Waals surface area contributed by atoms with Crippen LogP contribution in [0.5, 0.6) is 0 Å². The van der Waals surface area contributed by atoms with Gasteiger partial charge in [-0.1, -0.05) is 62.3 Å². The number of carbonyl (C=O) groups excluding carboxylic acids is 3. The Morgan fingerprint density at radius 1 is 1.02 bits per heavy atom. The van der Waals surface area contributed by atoms with Gasteiger partial charge >= 0.3 is 20.5 Å². The maximum absolute atomic E-state index is 12.8. The van der Waals surface area contributed by atoms with Crippen LogP contribution < -0.4 is 5.32 Å². The molecule has 0 unspecified atom stereocenters. The summed E-state index contributed by atoms with van der Waals surface area (Å²) in [5, 5.41) is 2.10. The number of imidazole rings is 1. The van der Waals surface area contributed by atoms with Crippen molar-refractivity contribution in [2.45, 2.75) is 110 Å². The van der Waals surface area contributed by atoms with E-state index >= 15 is 0 Å². The van der Waals surface area contributed by atoms with Crippen LogP contribution in [0.2, 0.25) is 10.1 Å². The molecule has 0 aliphatic carbocycles. The van der Waals surface area contributed by atoms with Crippen LogP contribution in [0.1, 0.15) is 76.2 Å². The van der Waals surface area contributed by atoms with Crippen LogP contribution in [0, 0.1) is 5.41 Å². The van der Waals surface area contributed by atoms with E-state index in [1.807, 2.05) is 0 Å². The molecule has 1 N–H and O–H groups in total. The molecule has 2 aliphatic heterocycles. The lowest BCUT2D eigenvalue weighted by atomic mass is 9.96. The molecule has 2 aliphatic rings. The maximum atomic E-state index is 12.8. The highest BCUT2D eigenvalue weighted by Crippen LogP contribution is 2.57. The minimum Gasteiger partial charge on any atom is -0.461 e. The third-order valence-corrected chi connectivity index (χ3v) is 12.7. The highest BCUT2D eigenvalue weighted by molar-refractivity contribution is 6.73. The molecule has 0 aromatic carbocycles. The molecule has 14 heteroatoms. The highest BCUT2D eigenvalue weighted by atomic mass is 28.4. The van der Waals surface area contributed by atoms with E-state index in [1.165, 1.54) is 26.5 Å². The van der Waals surface area contributed by atoms with Crippen LogP contribution >= 0.6 is 0 Å². The summed E-state index contributed by atoms with van der Waals surface area (Å²) in [6.07, 6.45) is 0.248. The molecular formula is C28H43N5O8Si. The molecule has 1 amide bonds. The van der Waals surface area contributed by atoms with Gasteiger partial charge in [-0.3, -0.25) is 19.0 Å². The first-order valence-corrected chi connectivity index (χ1v) is 15.9. The van der Waals surface area contributed by atoms with Gasteiger partial charge in [0.15, 0.2) is 23.1 Å². The normalized spacial score (nSPS) is 26.0. The Balaban J connectivity index is 1.89. The molecule has 2 aromatic rings. The third kappa shape index (κ3) is 5.45. The lowest BCUT2D eigenvalue weighted by Crippen LogP contribution is -2.66. The van der Waals surface area contributed by atoms with Crippen LogP contribution in [0.25, 0.3) is 11.2 Å². The predicted octanol–water partition coefficient (Wildman–Crippen LogP) is 3.82. The Morgan fingerprint density at radius 2 is 1.67 bits per heavy atom. The average molecular weight is 606 g/mol. The van der Waals surface area contributed by atoms with Crippen molar-refractivity contribution in [3.63, 3.8) is 0 Å². The van der Waals surface area contributed by atoms with Gasteiger partial charge in [0.1, 0.15) is 25.1 Å². The number of hydrogen-bond acceptors (Lipinski definition) is 11. The van der Waals surface area contributed by atoms with E-state index in [9.17, 15) is 14.4 Å². The lowest BCUT2D eigenvalue weighted by Gasteiger charge is -2.53. The second kappa shape index (κ2) is 10.6. The van der Waals surface area contributed by atoms with Gasteiger partial charge < -0.3 is 28.4 Å². The van der Waals surface area contributed by atoms with Crippen molar-refractivity contribution in [3.05, 3.63) is 12.7 Å². The number of nitrogens with zero attached hydrogens (tertiary/aromatic N) is 4. The highest BCUT2D eigenvalue weighted by Gasteiger charge is 2.69. The van der Waals surface area contributed by atoms with Crippen LogP contribution in [0.3, 0.4) is 0 Å². The van der Waals surface area contributed by atoms with Gasteiger partial charge in [0.05, 0.1) is 12.9 Å². The first-order valence-electron chi connectivity index (χ1n) is 14.0. The zero-order valence-corrected chi connectivity index (χ0v) is 27.4. The summed E-state index contributed by atoms with van der Waals surface area (Å²) in [6, 6.07) is 0. The first kappa shape index (κ1) is 32.0. The Hall–Kier alpha value is -2.94. The number of carbonyl (C=O) groups is 3. The van der Waals surface area contributed by atoms with Crippen molar-refractivity contribution >= 4 is 43.4 Å². The second-order valence-corrected chi connectivity index (χ2v) is 18.8. The summed E-state index contributed by atoms with van der Waals surface area (Å²) < 4.78 is 33.3. The fourth-order valence-electron chi connectivity index (χ4n) is 5.87. The van der Waals surface area contributed by atoms with Crippen LogP contribution in [-0.2, 0) is 43.2 Å². The molecule has 4 rings (SSSR count). The van der Waals surface area contributed by atoms with Crippen molar-refractivity contribution in [2.24, 2.45) is 5.41 Å². The molecule has 0 spiro atoms. The third-order valence-electron chi connectivity index (χ3n) is 7.62. The number of fused-ring (bicyclic) bond motifs is 2. The molecular weight excluding hydrogens is 562 g/mol. The Kier molecular flexibility index (Phi) is 8.11. The summed E-state index contributed by atoms with van der Waals surface area (Å²) in [5.41, 5.74) is -1.75. The largest absolute Gasteiger partial charge is 0.461 e. The average Bonchev–Trinajstić information content (AvgIpc) is 3.41. The number of esters is 2. The predicted molar refractivity (Wildman–Crippen MR) is 154 cm³/mol. The fraction of sp³-hybridized carbons (Fsp3) is 0.714. The van der Waals surface area contributed by atoms with Crippen molar-refractivity contribution in [3.8, 4) is 0 Å². The summed E-state index contributed by atoms with van der Waals surface area (Å²) in [4.78, 5) is 50.7. The Labute approximate surface area is 247 Å². The first-order chi connectivity index (χ1) is 19.2. The van der Waals surface area contributed by atoms with E-state index in [1.54, 1.807) is 25.3 Å². The number of amides is 1. The number of hydrogen-bond donors (Lipinski definition) is 1. The molecule has 4 heterocycles. The lowest BCUT2D eigenvalue weighted by molar-refractivity contribution is -0.197. The number of ether oxygens (including phenoxy) is 3. The van der Waals surface area contributed by atoms with Gasteiger partial charge in [0.2, 0.25) is 11.6 Å². The quantitative estimate of drug-likeness (QED) is 0.391. The monoisotopic (exact) mass is 605 g/mol. The molecule has 13 nitrogen and oxygen atoms in total.